The number of para-hydroxylation sites is 1. The van der Waals surface area contributed by atoms with Gasteiger partial charge in [-0.05, 0) is 31.2 Å². The highest BCUT2D eigenvalue weighted by Gasteiger charge is 2.17. The van der Waals surface area contributed by atoms with Crippen LogP contribution in [0.25, 0.3) is 11.1 Å². The molecule has 3 aromatic rings. The summed E-state index contributed by atoms with van der Waals surface area (Å²) in [6.07, 6.45) is 0. The van der Waals surface area contributed by atoms with Crippen LogP contribution in [-0.4, -0.2) is 19.6 Å². The molecule has 0 radical (unpaired) electrons. The number of benzene rings is 2. The molecule has 0 aliphatic heterocycles. The smallest absolute Gasteiger partial charge is 0.419 e. The fraction of sp³-hybridized carbons (Fsp3) is 0.235. The zero-order valence-electron chi connectivity index (χ0n) is 13.9. The number of hydrogen-bond acceptors (Lipinski definition) is 5. The number of oxazole rings is 1. The highest BCUT2D eigenvalue weighted by molar-refractivity contribution is 7.89. The Morgan fingerprint density at radius 1 is 1.20 bits per heavy atom. The van der Waals surface area contributed by atoms with Gasteiger partial charge in [0.25, 0.3) is 0 Å². The van der Waals surface area contributed by atoms with Gasteiger partial charge in [-0.2, -0.15) is 0 Å². The second kappa shape index (κ2) is 6.73. The molecule has 0 amide bonds. The Balaban J connectivity index is 1.87. The zero-order chi connectivity index (χ0) is 18.0. The van der Waals surface area contributed by atoms with Crippen molar-refractivity contribution in [2.75, 3.05) is 6.61 Å². The van der Waals surface area contributed by atoms with E-state index >= 15 is 0 Å². The Morgan fingerprint density at radius 2 is 1.96 bits per heavy atom. The molecule has 0 saturated heterocycles. The fourth-order valence-electron chi connectivity index (χ4n) is 2.48. The number of fused-ring (bicyclic) bond motifs is 1. The van der Waals surface area contributed by atoms with Crippen LogP contribution in [0.15, 0.2) is 56.6 Å². The van der Waals surface area contributed by atoms with Gasteiger partial charge in [0, 0.05) is 19.2 Å². The van der Waals surface area contributed by atoms with Crippen LogP contribution >= 0.6 is 0 Å². The van der Waals surface area contributed by atoms with Crippen molar-refractivity contribution < 1.29 is 17.6 Å². The summed E-state index contributed by atoms with van der Waals surface area (Å²) in [5.41, 5.74) is 1.50. The normalized spacial score (nSPS) is 11.8. The molecule has 0 bridgehead atoms. The van der Waals surface area contributed by atoms with E-state index in [4.69, 9.17) is 9.15 Å². The molecule has 25 heavy (non-hydrogen) atoms. The third-order valence-corrected chi connectivity index (χ3v) is 5.20. The first kappa shape index (κ1) is 17.2. The second-order valence-electron chi connectivity index (χ2n) is 5.42. The molecule has 1 aromatic heterocycles. The lowest BCUT2D eigenvalue weighted by Gasteiger charge is -2.11. The number of aromatic nitrogens is 1. The van der Waals surface area contributed by atoms with Crippen molar-refractivity contribution in [1.82, 2.24) is 9.29 Å². The predicted octanol–water partition coefficient (Wildman–Crippen LogP) is 2.01. The summed E-state index contributed by atoms with van der Waals surface area (Å²) in [7, 11) is -2.23. The maximum absolute atomic E-state index is 12.6. The van der Waals surface area contributed by atoms with Gasteiger partial charge in [-0.3, -0.25) is 4.57 Å². The SMILES string of the molecule is CCOc1ccccc1CNS(=O)(=O)c1ccc2oc(=O)n(C)c2c1. The average molecular weight is 362 g/mol. The predicted molar refractivity (Wildman–Crippen MR) is 93.1 cm³/mol. The standard InChI is InChI=1S/C17H18N2O5S/c1-3-23-15-7-5-4-6-12(15)11-18-25(21,22)13-8-9-16-14(10-13)19(2)17(20)24-16/h4-10,18H,3,11H2,1-2H3. The minimum absolute atomic E-state index is 0.0605. The first-order valence-corrected chi connectivity index (χ1v) is 9.20. The summed E-state index contributed by atoms with van der Waals surface area (Å²) in [5.74, 6) is 0.100. The van der Waals surface area contributed by atoms with Gasteiger partial charge >= 0.3 is 5.76 Å². The third-order valence-electron chi connectivity index (χ3n) is 3.80. The molecule has 1 N–H and O–H groups in total. The van der Waals surface area contributed by atoms with Crippen molar-refractivity contribution in [1.29, 1.82) is 0 Å². The maximum atomic E-state index is 12.6. The van der Waals surface area contributed by atoms with E-state index in [9.17, 15) is 13.2 Å². The molecular weight excluding hydrogens is 344 g/mol. The molecule has 0 aliphatic carbocycles. The lowest BCUT2D eigenvalue weighted by Crippen LogP contribution is -2.23. The van der Waals surface area contributed by atoms with E-state index in [2.05, 4.69) is 4.72 Å². The molecule has 1 heterocycles. The van der Waals surface area contributed by atoms with Crippen LogP contribution in [-0.2, 0) is 23.6 Å². The number of ether oxygens (including phenoxy) is 1. The molecule has 3 rings (SSSR count). The molecule has 0 spiro atoms. The van der Waals surface area contributed by atoms with E-state index in [1.165, 1.54) is 29.8 Å². The van der Waals surface area contributed by atoms with Crippen LogP contribution in [0.4, 0.5) is 0 Å². The third kappa shape index (κ3) is 3.45. The van der Waals surface area contributed by atoms with Crippen molar-refractivity contribution in [2.45, 2.75) is 18.4 Å². The summed E-state index contributed by atoms with van der Waals surface area (Å²) in [5, 5.41) is 0. The minimum atomic E-state index is -3.75. The van der Waals surface area contributed by atoms with E-state index in [0.29, 0.717) is 23.5 Å². The number of nitrogens with zero attached hydrogens (tertiary/aromatic N) is 1. The average Bonchev–Trinajstić information content (AvgIpc) is 2.88. The Kier molecular flexibility index (Phi) is 4.65. The van der Waals surface area contributed by atoms with E-state index in [-0.39, 0.29) is 11.4 Å². The zero-order valence-corrected chi connectivity index (χ0v) is 14.7. The lowest BCUT2D eigenvalue weighted by atomic mass is 10.2. The van der Waals surface area contributed by atoms with Crippen LogP contribution < -0.4 is 15.2 Å². The quantitative estimate of drug-likeness (QED) is 0.724. The van der Waals surface area contributed by atoms with Gasteiger partial charge < -0.3 is 9.15 Å². The monoisotopic (exact) mass is 362 g/mol. The van der Waals surface area contributed by atoms with Crippen molar-refractivity contribution >= 4 is 21.1 Å². The summed E-state index contributed by atoms with van der Waals surface area (Å²) >= 11 is 0. The number of sulfonamides is 1. The first-order chi connectivity index (χ1) is 11.9. The summed E-state index contributed by atoms with van der Waals surface area (Å²) < 4.78 is 39.5. The Labute approximate surface area is 144 Å². The molecule has 0 fully saturated rings. The van der Waals surface area contributed by atoms with Gasteiger partial charge in [0.1, 0.15) is 5.75 Å². The maximum Gasteiger partial charge on any atom is 0.419 e. The van der Waals surface area contributed by atoms with Gasteiger partial charge in [-0.1, -0.05) is 18.2 Å². The molecule has 8 heteroatoms. The molecular formula is C17H18N2O5S. The van der Waals surface area contributed by atoms with E-state index < -0.39 is 15.8 Å². The number of hydrogen-bond donors (Lipinski definition) is 1. The Hall–Kier alpha value is -2.58. The topological polar surface area (TPSA) is 90.5 Å². The molecule has 132 valence electrons. The van der Waals surface area contributed by atoms with E-state index in [0.717, 1.165) is 5.56 Å². The van der Waals surface area contributed by atoms with Crippen LogP contribution in [0.5, 0.6) is 5.75 Å². The highest BCUT2D eigenvalue weighted by atomic mass is 32.2. The summed E-state index contributed by atoms with van der Waals surface area (Å²) in [4.78, 5) is 11.6. The Morgan fingerprint density at radius 3 is 2.72 bits per heavy atom. The van der Waals surface area contributed by atoms with Crippen LogP contribution in [0, 0.1) is 0 Å². The lowest BCUT2D eigenvalue weighted by molar-refractivity contribution is 0.336. The van der Waals surface area contributed by atoms with Crippen LogP contribution in [0.1, 0.15) is 12.5 Å². The second-order valence-corrected chi connectivity index (χ2v) is 7.19. The van der Waals surface area contributed by atoms with Gasteiger partial charge in [-0.25, -0.2) is 17.9 Å². The van der Waals surface area contributed by atoms with E-state index in [1.54, 1.807) is 12.1 Å². The largest absolute Gasteiger partial charge is 0.494 e. The van der Waals surface area contributed by atoms with Crippen molar-refractivity contribution in [2.24, 2.45) is 7.05 Å². The molecule has 0 saturated carbocycles. The molecule has 2 aromatic carbocycles. The van der Waals surface area contributed by atoms with Gasteiger partial charge in [0.15, 0.2) is 5.58 Å². The number of rotatable bonds is 6. The number of nitrogens with one attached hydrogen (secondary N) is 1. The summed E-state index contributed by atoms with van der Waals surface area (Å²) in [6.45, 7) is 2.46. The van der Waals surface area contributed by atoms with Gasteiger partial charge in [-0.15, -0.1) is 0 Å². The van der Waals surface area contributed by atoms with Crippen LogP contribution in [0.3, 0.4) is 0 Å². The Bertz CT molecular complexity index is 1070. The van der Waals surface area contributed by atoms with E-state index in [1.807, 2.05) is 19.1 Å². The number of aryl methyl sites for hydroxylation is 1. The van der Waals surface area contributed by atoms with Crippen LogP contribution in [0.2, 0.25) is 0 Å². The fourth-order valence-corrected chi connectivity index (χ4v) is 3.50. The van der Waals surface area contributed by atoms with Gasteiger partial charge in [0.2, 0.25) is 10.0 Å². The summed E-state index contributed by atoms with van der Waals surface area (Å²) in [6, 6.07) is 11.5. The van der Waals surface area contributed by atoms with Crippen molar-refractivity contribution in [3.8, 4) is 5.75 Å². The molecule has 0 aliphatic rings. The highest BCUT2D eigenvalue weighted by Crippen LogP contribution is 2.20. The van der Waals surface area contributed by atoms with Gasteiger partial charge in [0.05, 0.1) is 17.0 Å². The minimum Gasteiger partial charge on any atom is -0.494 e. The van der Waals surface area contributed by atoms with Crippen molar-refractivity contribution in [3.63, 3.8) is 0 Å². The first-order valence-electron chi connectivity index (χ1n) is 7.72. The molecule has 7 nitrogen and oxygen atoms in total. The molecule has 0 unspecified atom stereocenters. The van der Waals surface area contributed by atoms with Crippen molar-refractivity contribution in [3.05, 3.63) is 58.6 Å². The molecule has 0 atom stereocenters.